The number of carbonyl (C=O) groups is 2. The summed E-state index contributed by atoms with van der Waals surface area (Å²) in [4.78, 5) is 31.9. The highest BCUT2D eigenvalue weighted by Crippen LogP contribution is 2.43. The number of methoxy groups -OCH3 is 1. The van der Waals surface area contributed by atoms with Crippen molar-refractivity contribution in [1.82, 2.24) is 20.4 Å². The fourth-order valence-electron chi connectivity index (χ4n) is 6.98. The molecule has 2 amide bonds. The van der Waals surface area contributed by atoms with Crippen LogP contribution in [-0.2, 0) is 33.6 Å². The van der Waals surface area contributed by atoms with Crippen LogP contribution in [0, 0.1) is 35.0 Å². The van der Waals surface area contributed by atoms with Crippen LogP contribution in [0.5, 0.6) is 0 Å². The van der Waals surface area contributed by atoms with Crippen LogP contribution in [0.4, 0.5) is 26.3 Å². The lowest BCUT2D eigenvalue weighted by Gasteiger charge is -2.44. The molecule has 5 rings (SSSR count). The van der Waals surface area contributed by atoms with Crippen LogP contribution in [0.15, 0.2) is 41.7 Å². The number of nitrogens with one attached hydrogen (secondary N) is 2. The number of aromatic nitrogens is 1. The van der Waals surface area contributed by atoms with Crippen molar-refractivity contribution >= 4 is 12.3 Å². The van der Waals surface area contributed by atoms with Crippen molar-refractivity contribution in [1.29, 1.82) is 0 Å². The number of hydrogen-bond donors (Lipinski definition) is 2. The number of likely N-dealkylation sites (N-methyl/N-ethyl adjacent to an activating group) is 1. The molecular weight excluding hydrogens is 628 g/mol. The van der Waals surface area contributed by atoms with Crippen molar-refractivity contribution in [2.24, 2.45) is 11.3 Å². The van der Waals surface area contributed by atoms with Crippen LogP contribution in [0.2, 0.25) is 0 Å². The number of alkyl halides is 3. The Labute approximate surface area is 268 Å². The first-order valence-electron chi connectivity index (χ1n) is 15.2. The molecule has 1 fully saturated rings. The maximum Gasteiger partial charge on any atom is 0.406 e. The molecule has 0 radical (unpaired) electrons. The number of allylic oxidation sites excluding steroid dienone is 2. The third-order valence-electron chi connectivity index (χ3n) is 9.42. The Hall–Kier alpha value is -4.09. The molecule has 8 nitrogen and oxygen atoms in total. The molecule has 2 aliphatic heterocycles. The summed E-state index contributed by atoms with van der Waals surface area (Å²) in [5, 5.41) is 5.78. The monoisotopic (exact) mass is 664 g/mol. The van der Waals surface area contributed by atoms with E-state index in [0.717, 1.165) is 22.9 Å². The van der Waals surface area contributed by atoms with Crippen LogP contribution < -0.4 is 15.6 Å². The first-order valence-corrected chi connectivity index (χ1v) is 15.2. The minimum absolute atomic E-state index is 0.0967. The Morgan fingerprint density at radius 1 is 1.21 bits per heavy atom. The van der Waals surface area contributed by atoms with Gasteiger partial charge in [-0.3, -0.25) is 14.9 Å². The Morgan fingerprint density at radius 3 is 2.62 bits per heavy atom. The summed E-state index contributed by atoms with van der Waals surface area (Å²) in [7, 11) is 3.23. The van der Waals surface area contributed by atoms with Crippen molar-refractivity contribution in [2.45, 2.75) is 64.0 Å². The van der Waals surface area contributed by atoms with Gasteiger partial charge in [0.1, 0.15) is 30.0 Å². The van der Waals surface area contributed by atoms with Crippen LogP contribution in [-0.4, -0.2) is 67.6 Å². The first-order chi connectivity index (χ1) is 22.2. The summed E-state index contributed by atoms with van der Waals surface area (Å²) >= 11 is 0. The zero-order valence-corrected chi connectivity index (χ0v) is 26.4. The van der Waals surface area contributed by atoms with E-state index in [1.54, 1.807) is 0 Å². The Balaban J connectivity index is 1.41. The number of piperidine rings is 1. The van der Waals surface area contributed by atoms with Gasteiger partial charge in [-0.15, -0.1) is 0 Å². The molecule has 0 saturated carbocycles. The van der Waals surface area contributed by atoms with E-state index in [4.69, 9.17) is 4.74 Å². The number of likely N-dealkylation sites (tertiary alicyclic amines) is 1. The molecule has 1 saturated heterocycles. The third kappa shape index (κ3) is 6.96. The molecule has 0 bridgehead atoms. The summed E-state index contributed by atoms with van der Waals surface area (Å²) in [5.74, 6) is -4.74. The van der Waals surface area contributed by atoms with Crippen LogP contribution in [0.25, 0.3) is 0 Å². The second kappa shape index (κ2) is 13.2. The maximum atomic E-state index is 14.6. The number of carbonyl (C=O) groups excluding carboxylic acids is 2. The van der Waals surface area contributed by atoms with Gasteiger partial charge in [0, 0.05) is 43.3 Å². The molecule has 0 spiro atoms. The molecule has 3 aliphatic rings. The molecule has 252 valence electrons. The van der Waals surface area contributed by atoms with E-state index in [0.29, 0.717) is 48.1 Å². The minimum Gasteiger partial charge on any atom is -0.361 e. The Bertz CT molecular complexity index is 1600. The average Bonchev–Trinajstić information content (AvgIpc) is 3.36. The van der Waals surface area contributed by atoms with E-state index >= 15 is 0 Å². The van der Waals surface area contributed by atoms with Gasteiger partial charge in [0.25, 0.3) is 0 Å². The summed E-state index contributed by atoms with van der Waals surface area (Å²) < 4.78 is 89.5. The lowest BCUT2D eigenvalue weighted by Crippen LogP contribution is -2.60. The fraction of sp³-hybridized carbons (Fsp3) is 0.485. The molecule has 5 unspecified atom stereocenters. The topological polar surface area (TPSA) is 88.0 Å². The molecule has 1 aliphatic carbocycles. The number of ether oxygens (including phenoxy) is 1. The summed E-state index contributed by atoms with van der Waals surface area (Å²) in [6.07, 6.45) is 2.39. The zero-order chi connectivity index (χ0) is 34.3. The van der Waals surface area contributed by atoms with Crippen LogP contribution in [0.3, 0.4) is 0 Å². The standard InChI is InChI=1S/C33H35F6N5O3/c1-18-19(11-22-24(34)7-8-25(35)28(22)36)12-26(31(46)44(18)16-33(37,38)39)42-30(47-4)21-10-20-13-32(2,14-27(20)40-15-21)23-6-5-9-43(3)29(23)41-17-45/h5-8,10,17-19,26,30,42H,9,11-14,16H2,1-4H3/p+1. The van der Waals surface area contributed by atoms with Crippen molar-refractivity contribution < 1.29 is 45.7 Å². The van der Waals surface area contributed by atoms with Gasteiger partial charge in [-0.05, 0) is 60.9 Å². The smallest absolute Gasteiger partial charge is 0.361 e. The second-order valence-electron chi connectivity index (χ2n) is 12.7. The van der Waals surface area contributed by atoms with E-state index in [2.05, 4.69) is 28.7 Å². The van der Waals surface area contributed by atoms with E-state index in [1.165, 1.54) is 14.0 Å². The second-order valence-corrected chi connectivity index (χ2v) is 12.7. The fourth-order valence-corrected chi connectivity index (χ4v) is 6.98. The molecule has 2 N–H and O–H groups in total. The van der Waals surface area contributed by atoms with Crippen molar-refractivity contribution in [3.63, 3.8) is 0 Å². The zero-order valence-electron chi connectivity index (χ0n) is 26.4. The number of nitrogens with zero attached hydrogens (tertiary/aromatic N) is 3. The molecule has 1 aromatic carbocycles. The number of benzene rings is 1. The number of rotatable bonds is 10. The highest BCUT2D eigenvalue weighted by molar-refractivity contribution is 5.83. The summed E-state index contributed by atoms with van der Waals surface area (Å²) in [6, 6.07) is 0.919. The van der Waals surface area contributed by atoms with Gasteiger partial charge in [-0.1, -0.05) is 19.1 Å². The lowest BCUT2D eigenvalue weighted by atomic mass is 9.78. The minimum atomic E-state index is -4.74. The molecule has 5 atom stereocenters. The van der Waals surface area contributed by atoms with E-state index in [-0.39, 0.29) is 6.42 Å². The van der Waals surface area contributed by atoms with Gasteiger partial charge >= 0.3 is 18.1 Å². The largest absolute Gasteiger partial charge is 0.406 e. The van der Waals surface area contributed by atoms with Crippen molar-refractivity contribution in [2.75, 3.05) is 27.2 Å². The Morgan fingerprint density at radius 2 is 1.94 bits per heavy atom. The molecule has 2 aromatic rings. The van der Waals surface area contributed by atoms with Gasteiger partial charge in [0.15, 0.2) is 11.6 Å². The van der Waals surface area contributed by atoms with Gasteiger partial charge in [-0.25, -0.2) is 13.2 Å². The van der Waals surface area contributed by atoms with Gasteiger partial charge in [0.05, 0.1) is 12.5 Å². The molecule has 47 heavy (non-hydrogen) atoms. The number of amides is 2. The molecule has 14 heteroatoms. The van der Waals surface area contributed by atoms with Crippen LogP contribution in [0.1, 0.15) is 48.9 Å². The lowest BCUT2D eigenvalue weighted by molar-refractivity contribution is -0.309. The number of halogens is 6. The maximum absolute atomic E-state index is 14.6. The van der Waals surface area contributed by atoms with Crippen molar-refractivity contribution in [3.05, 3.63) is 87.8 Å². The van der Waals surface area contributed by atoms with Gasteiger partial charge < -0.3 is 19.9 Å². The summed E-state index contributed by atoms with van der Waals surface area (Å²) in [6.45, 7) is 2.51. The normalized spacial score (nSPS) is 25.1. The van der Waals surface area contributed by atoms with Gasteiger partial charge in [-0.2, -0.15) is 13.2 Å². The van der Waals surface area contributed by atoms with E-state index in [9.17, 15) is 35.9 Å². The highest BCUT2D eigenvalue weighted by Gasteiger charge is 2.47. The molecule has 3 heterocycles. The number of hydrogen-bond acceptors (Lipinski definition) is 5. The van der Waals surface area contributed by atoms with Crippen LogP contribution >= 0.6 is 0 Å². The predicted molar refractivity (Wildman–Crippen MR) is 156 cm³/mol. The van der Waals surface area contributed by atoms with E-state index < -0.39 is 77.7 Å². The number of fused-ring (bicyclic) bond motifs is 1. The average molecular weight is 665 g/mol. The first kappa shape index (κ1) is 34.3. The van der Waals surface area contributed by atoms with E-state index in [1.807, 2.05) is 30.2 Å². The summed E-state index contributed by atoms with van der Waals surface area (Å²) in [5.41, 5.74) is 1.98. The third-order valence-corrected chi connectivity index (χ3v) is 9.42. The molecular formula is C33H36F6N5O3+. The Kier molecular flexibility index (Phi) is 9.62. The van der Waals surface area contributed by atoms with Crippen molar-refractivity contribution in [3.8, 4) is 0 Å². The predicted octanol–water partition coefficient (Wildman–Crippen LogP) is 3.71. The highest BCUT2D eigenvalue weighted by atomic mass is 19.4. The molecule has 1 aromatic heterocycles. The quantitative estimate of drug-likeness (QED) is 0.174. The van der Waals surface area contributed by atoms with Gasteiger partial charge in [0.2, 0.25) is 12.3 Å². The SMILES string of the molecule is COC(NC1CC(Cc2c(F)ccc(F)c2F)C(C)N(CC(F)(F)F)C1=O)c1c#[n+]c2c(c1)CC(C)(C1=C(NC=O)N(C)CC=C1)C2.